The van der Waals surface area contributed by atoms with E-state index >= 15 is 0 Å². The largest absolute Gasteiger partial charge is 0.327 e. The molecule has 0 aliphatic heterocycles. The van der Waals surface area contributed by atoms with Crippen molar-refractivity contribution < 1.29 is 8.42 Å². The van der Waals surface area contributed by atoms with Crippen LogP contribution in [0, 0.1) is 26.7 Å². The number of benzene rings is 1. The Bertz CT molecular complexity index is 510. The average molecular weight is 269 g/mol. The summed E-state index contributed by atoms with van der Waals surface area (Å²) in [4.78, 5) is 0.448. The summed E-state index contributed by atoms with van der Waals surface area (Å²) in [5, 5.41) is 0. The summed E-state index contributed by atoms with van der Waals surface area (Å²) in [5.41, 5.74) is 8.59. The summed E-state index contributed by atoms with van der Waals surface area (Å²) in [7, 11) is -3.31. The van der Waals surface area contributed by atoms with E-state index in [-0.39, 0.29) is 17.7 Å². The van der Waals surface area contributed by atoms with E-state index in [4.69, 9.17) is 5.73 Å². The highest BCUT2D eigenvalue weighted by Crippen LogP contribution is 2.23. The van der Waals surface area contributed by atoms with Crippen molar-refractivity contribution in [1.29, 1.82) is 0 Å². The van der Waals surface area contributed by atoms with Crippen LogP contribution in [0.15, 0.2) is 17.0 Å². The molecule has 0 saturated carbocycles. The normalized spacial score (nSPS) is 13.9. The highest BCUT2D eigenvalue weighted by Gasteiger charge is 2.24. The van der Waals surface area contributed by atoms with Gasteiger partial charge >= 0.3 is 0 Å². The van der Waals surface area contributed by atoms with Gasteiger partial charge in [0.2, 0.25) is 0 Å². The van der Waals surface area contributed by atoms with Crippen LogP contribution in [0.25, 0.3) is 0 Å². The first-order valence-corrected chi connectivity index (χ1v) is 7.86. The van der Waals surface area contributed by atoms with Gasteiger partial charge < -0.3 is 5.73 Å². The molecule has 18 heavy (non-hydrogen) atoms. The fraction of sp³-hybridized carbons (Fsp3) is 0.571. The molecular formula is C14H23NO2S. The van der Waals surface area contributed by atoms with Crippen LogP contribution in [0.4, 0.5) is 0 Å². The zero-order valence-corrected chi connectivity index (χ0v) is 12.6. The average Bonchev–Trinajstić information content (AvgIpc) is 2.13. The van der Waals surface area contributed by atoms with Gasteiger partial charge in [-0.3, -0.25) is 0 Å². The van der Waals surface area contributed by atoms with Gasteiger partial charge in [0.1, 0.15) is 0 Å². The number of rotatable bonds is 4. The van der Waals surface area contributed by atoms with Gasteiger partial charge in [-0.1, -0.05) is 31.5 Å². The van der Waals surface area contributed by atoms with Gasteiger partial charge in [-0.2, -0.15) is 0 Å². The first kappa shape index (κ1) is 15.2. The Morgan fingerprint density at radius 1 is 1.11 bits per heavy atom. The van der Waals surface area contributed by atoms with Crippen molar-refractivity contribution in [1.82, 2.24) is 0 Å². The smallest absolute Gasteiger partial charge is 0.180 e. The highest BCUT2D eigenvalue weighted by molar-refractivity contribution is 7.91. The Balaban J connectivity index is 3.21. The van der Waals surface area contributed by atoms with Crippen molar-refractivity contribution >= 4 is 9.84 Å². The van der Waals surface area contributed by atoms with Crippen molar-refractivity contribution in [3.05, 3.63) is 28.8 Å². The maximum atomic E-state index is 12.4. The summed E-state index contributed by atoms with van der Waals surface area (Å²) >= 11 is 0. The van der Waals surface area contributed by atoms with Crippen LogP contribution >= 0.6 is 0 Å². The summed E-state index contributed by atoms with van der Waals surface area (Å²) in [6, 6.07) is 3.48. The molecule has 0 fully saturated rings. The second kappa shape index (κ2) is 5.41. The zero-order valence-electron chi connectivity index (χ0n) is 11.8. The lowest BCUT2D eigenvalue weighted by atomic mass is 10.1. The van der Waals surface area contributed by atoms with Gasteiger partial charge in [0.15, 0.2) is 9.84 Å². The molecule has 0 bridgehead atoms. The molecule has 1 unspecified atom stereocenters. The minimum absolute atomic E-state index is 0.00933. The van der Waals surface area contributed by atoms with Gasteiger partial charge in [-0.15, -0.1) is 0 Å². The summed E-state index contributed by atoms with van der Waals surface area (Å²) in [5.74, 6) is 0.168. The maximum absolute atomic E-state index is 12.4. The molecule has 0 aromatic heterocycles. The molecule has 0 amide bonds. The lowest BCUT2D eigenvalue weighted by molar-refractivity contribution is 0.516. The molecule has 0 heterocycles. The molecule has 102 valence electrons. The van der Waals surface area contributed by atoms with Crippen molar-refractivity contribution in [3.8, 4) is 0 Å². The van der Waals surface area contributed by atoms with E-state index in [0.29, 0.717) is 4.90 Å². The third-order valence-corrected chi connectivity index (χ3v) is 5.27. The van der Waals surface area contributed by atoms with Crippen LogP contribution in [-0.4, -0.2) is 20.2 Å². The predicted octanol–water partition coefficient (Wildman–Crippen LogP) is 2.37. The third-order valence-electron chi connectivity index (χ3n) is 3.18. The fourth-order valence-electron chi connectivity index (χ4n) is 2.19. The van der Waals surface area contributed by atoms with Crippen LogP contribution in [0.3, 0.4) is 0 Å². The van der Waals surface area contributed by atoms with Crippen LogP contribution in [-0.2, 0) is 9.84 Å². The molecule has 3 nitrogen and oxygen atoms in total. The van der Waals surface area contributed by atoms with Gasteiger partial charge in [0, 0.05) is 6.04 Å². The van der Waals surface area contributed by atoms with Crippen molar-refractivity contribution in [3.63, 3.8) is 0 Å². The van der Waals surface area contributed by atoms with Gasteiger partial charge in [-0.25, -0.2) is 8.42 Å². The Hall–Kier alpha value is -0.870. The quantitative estimate of drug-likeness (QED) is 0.913. The Labute approximate surface area is 110 Å². The predicted molar refractivity (Wildman–Crippen MR) is 75.5 cm³/mol. The van der Waals surface area contributed by atoms with Gasteiger partial charge in [-0.05, 0) is 37.8 Å². The second-order valence-corrected chi connectivity index (χ2v) is 7.39. The van der Waals surface area contributed by atoms with E-state index in [0.717, 1.165) is 16.7 Å². The molecule has 0 aliphatic carbocycles. The minimum Gasteiger partial charge on any atom is -0.327 e. The maximum Gasteiger partial charge on any atom is 0.180 e. The topological polar surface area (TPSA) is 60.2 Å². The number of nitrogens with two attached hydrogens (primary N) is 1. The van der Waals surface area contributed by atoms with Crippen molar-refractivity contribution in [2.45, 2.75) is 45.6 Å². The van der Waals surface area contributed by atoms with Crippen molar-refractivity contribution in [2.75, 3.05) is 5.75 Å². The van der Waals surface area contributed by atoms with E-state index in [9.17, 15) is 8.42 Å². The fourth-order valence-corrected chi connectivity index (χ4v) is 4.34. The highest BCUT2D eigenvalue weighted by atomic mass is 32.2. The summed E-state index contributed by atoms with van der Waals surface area (Å²) in [6.45, 7) is 9.53. The summed E-state index contributed by atoms with van der Waals surface area (Å²) in [6.07, 6.45) is 0. The second-order valence-electron chi connectivity index (χ2n) is 5.42. The Kier molecular flexibility index (Phi) is 4.56. The molecule has 1 aromatic carbocycles. The van der Waals surface area contributed by atoms with E-state index in [1.807, 2.05) is 46.8 Å². The third kappa shape index (κ3) is 3.33. The van der Waals surface area contributed by atoms with Gasteiger partial charge in [0.05, 0.1) is 10.6 Å². The molecule has 0 aliphatic rings. The Morgan fingerprint density at radius 3 is 1.94 bits per heavy atom. The molecule has 1 aromatic rings. The zero-order chi connectivity index (χ0) is 14.1. The van der Waals surface area contributed by atoms with E-state index in [1.54, 1.807) is 0 Å². The van der Waals surface area contributed by atoms with Crippen LogP contribution in [0.5, 0.6) is 0 Å². The first-order valence-electron chi connectivity index (χ1n) is 6.21. The lowest BCUT2D eigenvalue weighted by Gasteiger charge is -2.18. The molecule has 0 spiro atoms. The molecule has 2 N–H and O–H groups in total. The molecule has 0 radical (unpaired) electrons. The SMILES string of the molecule is Cc1cc(C)c(S(=O)(=O)CC(N)C(C)C)c(C)c1. The van der Waals surface area contributed by atoms with Crippen molar-refractivity contribution in [2.24, 2.45) is 11.7 Å². The standard InChI is InChI=1S/C14H23NO2S/c1-9(2)13(15)8-18(16,17)14-11(4)6-10(3)7-12(14)5/h6-7,9,13H,8,15H2,1-5H3. The number of aryl methyl sites for hydroxylation is 3. The summed E-state index contributed by atoms with van der Waals surface area (Å²) < 4.78 is 24.8. The van der Waals surface area contributed by atoms with Gasteiger partial charge in [0.25, 0.3) is 0 Å². The molecule has 4 heteroatoms. The Morgan fingerprint density at radius 2 is 1.56 bits per heavy atom. The lowest BCUT2D eigenvalue weighted by Crippen LogP contribution is -2.34. The van der Waals surface area contributed by atoms with Crippen LogP contribution in [0.2, 0.25) is 0 Å². The number of hydrogen-bond acceptors (Lipinski definition) is 3. The van der Waals surface area contributed by atoms with E-state index in [2.05, 4.69) is 0 Å². The minimum atomic E-state index is -3.31. The number of sulfone groups is 1. The molecule has 1 rings (SSSR count). The molecular weight excluding hydrogens is 246 g/mol. The monoisotopic (exact) mass is 269 g/mol. The number of hydrogen-bond donors (Lipinski definition) is 1. The van der Waals surface area contributed by atoms with E-state index < -0.39 is 9.84 Å². The molecule has 0 saturated heterocycles. The van der Waals surface area contributed by atoms with Crippen LogP contribution in [0.1, 0.15) is 30.5 Å². The molecule has 1 atom stereocenters. The first-order chi connectivity index (χ1) is 8.15. The van der Waals surface area contributed by atoms with E-state index in [1.165, 1.54) is 0 Å². The van der Waals surface area contributed by atoms with Crippen LogP contribution < -0.4 is 5.73 Å².